The third-order valence-corrected chi connectivity index (χ3v) is 3.52. The van der Waals surface area contributed by atoms with Crippen LogP contribution in [0.5, 0.6) is 5.75 Å². The van der Waals surface area contributed by atoms with E-state index in [1.54, 1.807) is 0 Å². The SMILES string of the molecule is CCOCCCNCc1c(OCC(N)=O)ccc2ccccc12. The molecule has 0 saturated heterocycles. The van der Waals surface area contributed by atoms with Crippen molar-refractivity contribution in [2.45, 2.75) is 19.9 Å². The van der Waals surface area contributed by atoms with E-state index in [0.717, 1.165) is 42.5 Å². The summed E-state index contributed by atoms with van der Waals surface area (Å²) in [6.07, 6.45) is 0.954. The van der Waals surface area contributed by atoms with Crippen LogP contribution in [0.4, 0.5) is 0 Å². The fourth-order valence-corrected chi connectivity index (χ4v) is 2.44. The predicted molar refractivity (Wildman–Crippen MR) is 91.5 cm³/mol. The Morgan fingerprint density at radius 3 is 2.83 bits per heavy atom. The van der Waals surface area contributed by atoms with E-state index in [-0.39, 0.29) is 6.61 Å². The molecular weight excluding hydrogens is 292 g/mol. The molecule has 1 amide bonds. The van der Waals surface area contributed by atoms with Crippen molar-refractivity contribution in [3.8, 4) is 5.75 Å². The maximum absolute atomic E-state index is 11.0. The number of amides is 1. The number of carbonyl (C=O) groups excluding carboxylic acids is 1. The van der Waals surface area contributed by atoms with Gasteiger partial charge < -0.3 is 20.5 Å². The molecule has 3 N–H and O–H groups in total. The number of fused-ring (bicyclic) bond motifs is 1. The molecule has 0 bridgehead atoms. The smallest absolute Gasteiger partial charge is 0.255 e. The molecule has 0 aliphatic heterocycles. The molecule has 2 rings (SSSR count). The number of primary amides is 1. The van der Waals surface area contributed by atoms with E-state index in [2.05, 4.69) is 17.4 Å². The highest BCUT2D eigenvalue weighted by Crippen LogP contribution is 2.28. The normalized spacial score (nSPS) is 10.8. The molecule has 0 radical (unpaired) electrons. The van der Waals surface area contributed by atoms with Gasteiger partial charge in [-0.2, -0.15) is 0 Å². The zero-order valence-corrected chi connectivity index (χ0v) is 13.5. The van der Waals surface area contributed by atoms with Gasteiger partial charge in [-0.15, -0.1) is 0 Å². The first kappa shape index (κ1) is 17.2. The maximum Gasteiger partial charge on any atom is 0.255 e. The van der Waals surface area contributed by atoms with Gasteiger partial charge in [-0.25, -0.2) is 0 Å². The quantitative estimate of drug-likeness (QED) is 0.659. The average molecular weight is 316 g/mol. The van der Waals surface area contributed by atoms with Crippen molar-refractivity contribution in [3.63, 3.8) is 0 Å². The predicted octanol–water partition coefficient (Wildman–Crippen LogP) is 2.22. The third kappa shape index (κ3) is 5.23. The lowest BCUT2D eigenvalue weighted by Crippen LogP contribution is -2.21. The molecule has 124 valence electrons. The number of benzene rings is 2. The van der Waals surface area contributed by atoms with E-state index >= 15 is 0 Å². The fraction of sp³-hybridized carbons (Fsp3) is 0.389. The number of nitrogens with two attached hydrogens (primary N) is 1. The van der Waals surface area contributed by atoms with Gasteiger partial charge in [-0.3, -0.25) is 4.79 Å². The largest absolute Gasteiger partial charge is 0.483 e. The first-order valence-corrected chi connectivity index (χ1v) is 7.92. The molecule has 0 atom stereocenters. The van der Waals surface area contributed by atoms with Crippen molar-refractivity contribution in [2.24, 2.45) is 5.73 Å². The molecule has 0 aliphatic rings. The Bertz CT molecular complexity index is 643. The summed E-state index contributed by atoms with van der Waals surface area (Å²) >= 11 is 0. The summed E-state index contributed by atoms with van der Waals surface area (Å²) in [7, 11) is 0. The molecule has 23 heavy (non-hydrogen) atoms. The molecule has 0 spiro atoms. The summed E-state index contributed by atoms with van der Waals surface area (Å²) in [6, 6.07) is 12.0. The van der Waals surface area contributed by atoms with E-state index in [0.29, 0.717) is 12.3 Å². The molecule has 0 heterocycles. The van der Waals surface area contributed by atoms with Crippen molar-refractivity contribution in [1.29, 1.82) is 0 Å². The molecule has 0 aliphatic carbocycles. The number of ether oxygens (including phenoxy) is 2. The molecule has 0 saturated carbocycles. The van der Waals surface area contributed by atoms with Gasteiger partial charge in [0.2, 0.25) is 0 Å². The Hall–Kier alpha value is -2.11. The van der Waals surface area contributed by atoms with Crippen molar-refractivity contribution < 1.29 is 14.3 Å². The van der Waals surface area contributed by atoms with Crippen LogP contribution in [0.3, 0.4) is 0 Å². The van der Waals surface area contributed by atoms with Crippen LogP contribution in [0, 0.1) is 0 Å². The second kappa shape index (κ2) is 9.12. The van der Waals surface area contributed by atoms with Gasteiger partial charge in [0.25, 0.3) is 5.91 Å². The van der Waals surface area contributed by atoms with E-state index in [1.807, 2.05) is 31.2 Å². The topological polar surface area (TPSA) is 73.6 Å². The highest BCUT2D eigenvalue weighted by atomic mass is 16.5. The molecule has 0 unspecified atom stereocenters. The summed E-state index contributed by atoms with van der Waals surface area (Å²) < 4.78 is 10.9. The zero-order chi connectivity index (χ0) is 16.5. The Balaban J connectivity index is 2.09. The summed E-state index contributed by atoms with van der Waals surface area (Å²) in [5.41, 5.74) is 6.22. The minimum atomic E-state index is -0.478. The van der Waals surface area contributed by atoms with Gasteiger partial charge >= 0.3 is 0 Å². The number of hydrogen-bond donors (Lipinski definition) is 2. The minimum absolute atomic E-state index is 0.115. The van der Waals surface area contributed by atoms with Gasteiger partial charge in [0, 0.05) is 25.3 Å². The van der Waals surface area contributed by atoms with Crippen LogP contribution in [-0.2, 0) is 16.1 Å². The van der Waals surface area contributed by atoms with Gasteiger partial charge in [0.05, 0.1) is 0 Å². The van der Waals surface area contributed by atoms with Crippen LogP contribution in [-0.4, -0.2) is 32.3 Å². The van der Waals surface area contributed by atoms with Crippen molar-refractivity contribution in [3.05, 3.63) is 42.0 Å². The van der Waals surface area contributed by atoms with Gasteiger partial charge in [0.15, 0.2) is 6.61 Å². The first-order chi connectivity index (χ1) is 11.2. The van der Waals surface area contributed by atoms with Gasteiger partial charge in [-0.1, -0.05) is 30.3 Å². The third-order valence-electron chi connectivity index (χ3n) is 3.52. The van der Waals surface area contributed by atoms with E-state index < -0.39 is 5.91 Å². The second-order valence-corrected chi connectivity index (χ2v) is 5.25. The monoisotopic (exact) mass is 316 g/mol. The summed E-state index contributed by atoms with van der Waals surface area (Å²) in [4.78, 5) is 11.0. The van der Waals surface area contributed by atoms with Crippen LogP contribution in [0.25, 0.3) is 10.8 Å². The van der Waals surface area contributed by atoms with Crippen molar-refractivity contribution >= 4 is 16.7 Å². The molecule has 5 heteroatoms. The van der Waals surface area contributed by atoms with Gasteiger partial charge in [-0.05, 0) is 36.7 Å². The second-order valence-electron chi connectivity index (χ2n) is 5.25. The van der Waals surface area contributed by atoms with E-state index in [4.69, 9.17) is 15.2 Å². The Kier molecular flexibility index (Phi) is 6.84. The average Bonchev–Trinajstić information content (AvgIpc) is 2.56. The van der Waals surface area contributed by atoms with Crippen molar-refractivity contribution in [2.75, 3.05) is 26.4 Å². The lowest BCUT2D eigenvalue weighted by molar-refractivity contribution is -0.119. The van der Waals surface area contributed by atoms with Crippen LogP contribution >= 0.6 is 0 Å². The maximum atomic E-state index is 11.0. The molecule has 0 fully saturated rings. The highest BCUT2D eigenvalue weighted by molar-refractivity contribution is 5.88. The Morgan fingerprint density at radius 2 is 2.04 bits per heavy atom. The summed E-state index contributed by atoms with van der Waals surface area (Å²) in [5.74, 6) is 0.216. The van der Waals surface area contributed by atoms with Crippen molar-refractivity contribution in [1.82, 2.24) is 5.32 Å². The summed E-state index contributed by atoms with van der Waals surface area (Å²) in [5, 5.41) is 5.67. The molecule has 5 nitrogen and oxygen atoms in total. The highest BCUT2D eigenvalue weighted by Gasteiger charge is 2.09. The summed E-state index contributed by atoms with van der Waals surface area (Å²) in [6.45, 7) is 4.90. The van der Waals surface area contributed by atoms with Crippen LogP contribution in [0.15, 0.2) is 36.4 Å². The molecular formula is C18H24N2O3. The Labute approximate surface area is 136 Å². The Morgan fingerprint density at radius 1 is 1.22 bits per heavy atom. The standard InChI is InChI=1S/C18H24N2O3/c1-2-22-11-5-10-20-12-16-15-7-4-3-6-14(15)8-9-17(16)23-13-18(19)21/h3-4,6-9,20H,2,5,10-13H2,1H3,(H2,19,21). The van der Waals surface area contributed by atoms with E-state index in [1.165, 1.54) is 0 Å². The fourth-order valence-electron chi connectivity index (χ4n) is 2.44. The number of carbonyl (C=O) groups is 1. The minimum Gasteiger partial charge on any atom is -0.483 e. The number of rotatable bonds is 10. The number of hydrogen-bond acceptors (Lipinski definition) is 4. The first-order valence-electron chi connectivity index (χ1n) is 7.92. The molecule has 0 aromatic heterocycles. The lowest BCUT2D eigenvalue weighted by Gasteiger charge is -2.14. The zero-order valence-electron chi connectivity index (χ0n) is 13.5. The molecule has 2 aromatic carbocycles. The van der Waals surface area contributed by atoms with Crippen LogP contribution in [0.2, 0.25) is 0 Å². The van der Waals surface area contributed by atoms with Gasteiger partial charge in [0.1, 0.15) is 5.75 Å². The number of nitrogens with one attached hydrogen (secondary N) is 1. The van der Waals surface area contributed by atoms with Crippen LogP contribution in [0.1, 0.15) is 18.9 Å². The van der Waals surface area contributed by atoms with Crippen LogP contribution < -0.4 is 15.8 Å². The molecule has 2 aromatic rings. The lowest BCUT2D eigenvalue weighted by atomic mass is 10.0. The van der Waals surface area contributed by atoms with E-state index in [9.17, 15) is 4.79 Å².